The molecule has 0 atom stereocenters. The summed E-state index contributed by atoms with van der Waals surface area (Å²) in [6.45, 7) is 5.90. The van der Waals surface area contributed by atoms with E-state index >= 15 is 0 Å². The van der Waals surface area contributed by atoms with Crippen molar-refractivity contribution in [2.75, 3.05) is 13.1 Å². The summed E-state index contributed by atoms with van der Waals surface area (Å²) < 4.78 is 0. The first-order valence-electron chi connectivity index (χ1n) is 4.61. The van der Waals surface area contributed by atoms with Crippen LogP contribution in [-0.4, -0.2) is 28.3 Å². The molecule has 1 aromatic rings. The van der Waals surface area contributed by atoms with Gasteiger partial charge in [-0.25, -0.2) is 0 Å². The predicted molar refractivity (Wildman–Crippen MR) is 54.7 cm³/mol. The molecule has 76 valence electrons. The van der Waals surface area contributed by atoms with E-state index in [-0.39, 0.29) is 13.1 Å². The summed E-state index contributed by atoms with van der Waals surface area (Å²) in [5.74, 6) is 0. The molecule has 14 heavy (non-hydrogen) atoms. The first kappa shape index (κ1) is 10.9. The van der Waals surface area contributed by atoms with Crippen LogP contribution in [0, 0.1) is 0 Å². The van der Waals surface area contributed by atoms with E-state index in [2.05, 4.69) is 6.58 Å². The molecule has 0 spiro atoms. The third-order valence-electron chi connectivity index (χ3n) is 2.13. The Morgan fingerprint density at radius 2 is 1.86 bits per heavy atom. The highest BCUT2D eigenvalue weighted by atomic mass is 16.8. The summed E-state index contributed by atoms with van der Waals surface area (Å²) in [7, 11) is 0. The van der Waals surface area contributed by atoms with Gasteiger partial charge in [0.1, 0.15) is 6.54 Å². The molecule has 0 aliphatic carbocycles. The van der Waals surface area contributed by atoms with E-state index in [4.69, 9.17) is 0 Å². The minimum atomic E-state index is -1.01. The molecular formula is C11H16NO2+. The molecule has 3 heteroatoms. The highest BCUT2D eigenvalue weighted by molar-refractivity contribution is 5.63. The van der Waals surface area contributed by atoms with Crippen molar-refractivity contribution in [3.8, 4) is 0 Å². The van der Waals surface area contributed by atoms with Gasteiger partial charge in [0, 0.05) is 5.57 Å². The quantitative estimate of drug-likeness (QED) is 0.570. The largest absolute Gasteiger partial charge is 0.182 e. The zero-order chi connectivity index (χ0) is 10.6. The number of quaternary nitrogens is 1. The Bertz CT molecular complexity index is 306. The van der Waals surface area contributed by atoms with Gasteiger partial charge in [-0.05, 0) is 17.3 Å². The summed E-state index contributed by atoms with van der Waals surface area (Å²) >= 11 is 0. The Kier molecular flexibility index (Phi) is 3.41. The van der Waals surface area contributed by atoms with E-state index in [1.807, 2.05) is 30.3 Å². The lowest BCUT2D eigenvalue weighted by Crippen LogP contribution is -2.41. The van der Waals surface area contributed by atoms with Crippen LogP contribution in [0.5, 0.6) is 0 Å². The minimum absolute atomic E-state index is 0.126. The SMILES string of the molecule is C=C(C[N+](O)(O)CC)c1ccccc1. The maximum atomic E-state index is 9.39. The number of nitrogens with zero attached hydrogens (tertiary/aromatic N) is 1. The summed E-state index contributed by atoms with van der Waals surface area (Å²) in [5, 5.41) is 18.8. The average molecular weight is 194 g/mol. The van der Waals surface area contributed by atoms with E-state index in [0.29, 0.717) is 0 Å². The van der Waals surface area contributed by atoms with Crippen molar-refractivity contribution in [2.24, 2.45) is 0 Å². The minimum Gasteiger partial charge on any atom is -0.182 e. The molecule has 0 unspecified atom stereocenters. The van der Waals surface area contributed by atoms with Crippen LogP contribution in [0.15, 0.2) is 36.9 Å². The van der Waals surface area contributed by atoms with Crippen molar-refractivity contribution in [2.45, 2.75) is 6.92 Å². The fourth-order valence-corrected chi connectivity index (χ4v) is 1.18. The first-order chi connectivity index (χ1) is 6.55. The molecule has 3 nitrogen and oxygen atoms in total. The van der Waals surface area contributed by atoms with Gasteiger partial charge in [0.2, 0.25) is 0 Å². The first-order valence-corrected chi connectivity index (χ1v) is 4.61. The molecule has 0 fully saturated rings. The van der Waals surface area contributed by atoms with E-state index in [1.165, 1.54) is 0 Å². The molecule has 0 aromatic heterocycles. The third-order valence-corrected chi connectivity index (χ3v) is 2.13. The molecule has 0 saturated carbocycles. The average Bonchev–Trinajstić information content (AvgIpc) is 2.19. The zero-order valence-electron chi connectivity index (χ0n) is 8.35. The highest BCUT2D eigenvalue weighted by Gasteiger charge is 2.21. The molecule has 1 aromatic carbocycles. The van der Waals surface area contributed by atoms with Gasteiger partial charge < -0.3 is 0 Å². The Morgan fingerprint density at radius 1 is 1.29 bits per heavy atom. The van der Waals surface area contributed by atoms with Crippen LogP contribution >= 0.6 is 0 Å². The number of hydrogen-bond donors (Lipinski definition) is 2. The fourth-order valence-electron chi connectivity index (χ4n) is 1.18. The standard InChI is InChI=1S/C11H16NO2/c1-3-12(13,14)9-10(2)11-7-5-4-6-8-11/h4-8,13-14H,2-3,9H2,1H3/q+1. The van der Waals surface area contributed by atoms with Gasteiger partial charge in [-0.2, -0.15) is 10.4 Å². The van der Waals surface area contributed by atoms with Gasteiger partial charge in [-0.15, -0.1) is 0 Å². The number of likely N-dealkylation sites (N-methyl/N-ethyl adjacent to an activating group) is 1. The molecule has 0 aliphatic heterocycles. The second-order valence-electron chi connectivity index (χ2n) is 3.32. The Hall–Kier alpha value is -1.16. The van der Waals surface area contributed by atoms with Crippen molar-refractivity contribution in [1.82, 2.24) is 0 Å². The molecule has 0 aliphatic rings. The predicted octanol–water partition coefficient (Wildman–Crippen LogP) is 2.31. The number of rotatable bonds is 4. The smallest absolute Gasteiger partial charge is 0.167 e. The summed E-state index contributed by atoms with van der Waals surface area (Å²) in [6, 6.07) is 9.51. The molecule has 0 radical (unpaired) electrons. The monoisotopic (exact) mass is 194 g/mol. The summed E-state index contributed by atoms with van der Waals surface area (Å²) in [5.41, 5.74) is 1.66. The topological polar surface area (TPSA) is 40.5 Å². The second-order valence-corrected chi connectivity index (χ2v) is 3.32. The molecular weight excluding hydrogens is 178 g/mol. The van der Waals surface area contributed by atoms with Crippen LogP contribution in [0.4, 0.5) is 0 Å². The van der Waals surface area contributed by atoms with E-state index in [9.17, 15) is 10.4 Å². The normalized spacial score (nSPS) is 11.4. The van der Waals surface area contributed by atoms with E-state index < -0.39 is 4.81 Å². The number of benzene rings is 1. The Morgan fingerprint density at radius 3 is 2.36 bits per heavy atom. The van der Waals surface area contributed by atoms with Crippen molar-refractivity contribution in [1.29, 1.82) is 0 Å². The van der Waals surface area contributed by atoms with Crippen LogP contribution in [0.1, 0.15) is 12.5 Å². The van der Waals surface area contributed by atoms with Crippen molar-refractivity contribution in [3.05, 3.63) is 42.5 Å². The molecule has 0 bridgehead atoms. The van der Waals surface area contributed by atoms with Crippen LogP contribution in [-0.2, 0) is 0 Å². The lowest BCUT2D eigenvalue weighted by atomic mass is 10.1. The molecule has 1 rings (SSSR count). The Balaban J connectivity index is 2.69. The lowest BCUT2D eigenvalue weighted by molar-refractivity contribution is -1.24. The van der Waals surface area contributed by atoms with Gasteiger partial charge in [0.05, 0.1) is 0 Å². The van der Waals surface area contributed by atoms with E-state index in [1.54, 1.807) is 6.92 Å². The summed E-state index contributed by atoms with van der Waals surface area (Å²) in [4.78, 5) is -1.01. The van der Waals surface area contributed by atoms with Gasteiger partial charge in [0.25, 0.3) is 0 Å². The lowest BCUT2D eigenvalue weighted by Gasteiger charge is -2.20. The van der Waals surface area contributed by atoms with Crippen molar-refractivity contribution >= 4 is 5.57 Å². The molecule has 0 heterocycles. The van der Waals surface area contributed by atoms with Gasteiger partial charge >= 0.3 is 0 Å². The van der Waals surface area contributed by atoms with Gasteiger partial charge in [-0.3, -0.25) is 0 Å². The van der Waals surface area contributed by atoms with Crippen LogP contribution < -0.4 is 0 Å². The van der Waals surface area contributed by atoms with Crippen molar-refractivity contribution < 1.29 is 15.2 Å². The maximum Gasteiger partial charge on any atom is 0.167 e. The van der Waals surface area contributed by atoms with Gasteiger partial charge in [0.15, 0.2) is 6.54 Å². The molecule has 0 amide bonds. The van der Waals surface area contributed by atoms with Crippen LogP contribution in [0.25, 0.3) is 5.57 Å². The number of hydrogen-bond acceptors (Lipinski definition) is 2. The third kappa shape index (κ3) is 2.96. The highest BCUT2D eigenvalue weighted by Crippen LogP contribution is 2.14. The van der Waals surface area contributed by atoms with Crippen molar-refractivity contribution in [3.63, 3.8) is 0 Å². The molecule has 2 N–H and O–H groups in total. The summed E-state index contributed by atoms with van der Waals surface area (Å²) in [6.07, 6.45) is 0. The molecule has 0 saturated heterocycles. The Labute approximate surface area is 84.0 Å². The number of hydroxylamine groups is 4. The van der Waals surface area contributed by atoms with Crippen LogP contribution in [0.3, 0.4) is 0 Å². The van der Waals surface area contributed by atoms with Gasteiger partial charge in [-0.1, -0.05) is 36.9 Å². The van der Waals surface area contributed by atoms with Crippen LogP contribution in [0.2, 0.25) is 0 Å². The maximum absolute atomic E-state index is 9.39. The second kappa shape index (κ2) is 4.37. The zero-order valence-corrected chi connectivity index (χ0v) is 8.35. The van der Waals surface area contributed by atoms with E-state index in [0.717, 1.165) is 11.1 Å². The fraction of sp³-hybridized carbons (Fsp3) is 0.273.